The van der Waals surface area contributed by atoms with Crippen molar-refractivity contribution < 1.29 is 18.1 Å². The molecule has 1 aliphatic carbocycles. The molecule has 1 saturated carbocycles. The Kier molecular flexibility index (Phi) is 5.79. The second-order valence-corrected chi connectivity index (χ2v) is 9.47. The number of ketones is 1. The highest BCUT2D eigenvalue weighted by atomic mass is 32.2. The van der Waals surface area contributed by atoms with Crippen LogP contribution in [-0.2, 0) is 9.84 Å². The molecule has 2 unspecified atom stereocenters. The molecule has 0 spiro atoms. The molecule has 8 heteroatoms. The molecule has 0 saturated heterocycles. The Morgan fingerprint density at radius 2 is 1.82 bits per heavy atom. The normalized spacial score (nSPS) is 19.8. The van der Waals surface area contributed by atoms with Gasteiger partial charge in [0.15, 0.2) is 5.78 Å². The van der Waals surface area contributed by atoms with Crippen molar-refractivity contribution >= 4 is 27.0 Å². The highest BCUT2D eigenvalue weighted by Gasteiger charge is 2.30. The molecule has 0 bridgehead atoms. The Labute approximate surface area is 163 Å². The molecule has 1 N–H and O–H groups in total. The van der Waals surface area contributed by atoms with Crippen molar-refractivity contribution in [2.75, 3.05) is 11.6 Å². The molecule has 2 aromatic carbocycles. The molecular formula is C20H22N2O5S. The van der Waals surface area contributed by atoms with Gasteiger partial charge in [0.05, 0.1) is 10.2 Å². The van der Waals surface area contributed by atoms with Gasteiger partial charge in [-0.25, -0.2) is 8.42 Å². The lowest BCUT2D eigenvalue weighted by atomic mass is 9.94. The Hall–Kier alpha value is -2.74. The minimum Gasteiger partial charge on any atom is -0.377 e. The summed E-state index contributed by atoms with van der Waals surface area (Å²) in [4.78, 5) is 23.6. The second kappa shape index (κ2) is 8.10. The lowest BCUT2D eigenvalue weighted by Gasteiger charge is -2.29. The average Bonchev–Trinajstić information content (AvgIpc) is 2.68. The quantitative estimate of drug-likeness (QED) is 0.449. The van der Waals surface area contributed by atoms with E-state index in [1.165, 1.54) is 18.4 Å². The molecule has 2 atom stereocenters. The van der Waals surface area contributed by atoms with Crippen molar-refractivity contribution in [3.05, 3.63) is 69.8 Å². The van der Waals surface area contributed by atoms with Gasteiger partial charge in [0.2, 0.25) is 0 Å². The number of carbonyl (C=O) groups is 1. The fourth-order valence-corrected chi connectivity index (χ4v) is 4.76. The molecule has 1 aliphatic rings. The number of nitro groups is 1. The summed E-state index contributed by atoms with van der Waals surface area (Å²) in [6.07, 6.45) is 3.75. The second-order valence-electron chi connectivity index (χ2n) is 7.14. The van der Waals surface area contributed by atoms with Gasteiger partial charge in [0.25, 0.3) is 5.69 Å². The molecule has 7 nitrogen and oxygen atoms in total. The molecule has 3 rings (SSSR count). The topological polar surface area (TPSA) is 106 Å². The van der Waals surface area contributed by atoms with E-state index < -0.39 is 20.0 Å². The summed E-state index contributed by atoms with van der Waals surface area (Å²) in [6, 6.07) is 12.8. The Morgan fingerprint density at radius 3 is 2.46 bits per heavy atom. The summed E-state index contributed by atoms with van der Waals surface area (Å²) in [6.45, 7) is 0. The number of nitro benzene ring substituents is 1. The molecule has 28 heavy (non-hydrogen) atoms. The van der Waals surface area contributed by atoms with E-state index in [0.717, 1.165) is 12.8 Å². The van der Waals surface area contributed by atoms with Crippen LogP contribution in [0.15, 0.2) is 48.5 Å². The maximum absolute atomic E-state index is 12.6. The van der Waals surface area contributed by atoms with Gasteiger partial charge >= 0.3 is 0 Å². The van der Waals surface area contributed by atoms with Gasteiger partial charge in [0.1, 0.15) is 15.5 Å². The number of nitrogens with zero attached hydrogens (tertiary/aromatic N) is 1. The van der Waals surface area contributed by atoms with E-state index in [1.807, 2.05) is 0 Å². The lowest BCUT2D eigenvalue weighted by Crippen LogP contribution is -2.34. The van der Waals surface area contributed by atoms with Crippen molar-refractivity contribution in [3.63, 3.8) is 0 Å². The zero-order valence-electron chi connectivity index (χ0n) is 15.5. The molecule has 0 aliphatic heterocycles. The predicted molar refractivity (Wildman–Crippen MR) is 107 cm³/mol. The van der Waals surface area contributed by atoms with E-state index in [0.29, 0.717) is 24.1 Å². The number of hydrogen-bond acceptors (Lipinski definition) is 6. The first-order valence-corrected chi connectivity index (χ1v) is 11.0. The minimum absolute atomic E-state index is 0.164. The fourth-order valence-electron chi connectivity index (χ4n) is 3.59. The van der Waals surface area contributed by atoms with Crippen LogP contribution in [0.25, 0.3) is 0 Å². The summed E-state index contributed by atoms with van der Waals surface area (Å²) < 4.78 is 23.7. The van der Waals surface area contributed by atoms with Crippen LogP contribution in [0.3, 0.4) is 0 Å². The molecule has 2 aromatic rings. The van der Waals surface area contributed by atoms with Crippen molar-refractivity contribution in [1.82, 2.24) is 0 Å². The summed E-state index contributed by atoms with van der Waals surface area (Å²) in [7, 11) is -3.14. The van der Waals surface area contributed by atoms with E-state index >= 15 is 0 Å². The van der Waals surface area contributed by atoms with Crippen LogP contribution in [0.5, 0.6) is 0 Å². The number of carbonyl (C=O) groups excluding carboxylic acids is 1. The summed E-state index contributed by atoms with van der Waals surface area (Å²) in [5.74, 6) is -0.287. The number of sulfone groups is 1. The highest BCUT2D eigenvalue weighted by Crippen LogP contribution is 2.31. The average molecular weight is 402 g/mol. The van der Waals surface area contributed by atoms with Crippen molar-refractivity contribution in [1.29, 1.82) is 0 Å². The minimum atomic E-state index is -3.14. The van der Waals surface area contributed by atoms with Crippen molar-refractivity contribution in [2.45, 2.75) is 37.0 Å². The standard InChI is InChI=1S/C20H22N2O5S/c1-28(26,27)17-9-5-8-16(13-17)21-18-11-10-15(12-19(18)22(24)25)20(23)14-6-3-2-4-7-14/h2-4,6-7,10-12,16-17,21H,5,8-9,13H2,1H3. The fraction of sp³-hybridized carbons (Fsp3) is 0.350. The number of nitrogens with one attached hydrogen (secondary N) is 1. The van der Waals surface area contributed by atoms with Crippen LogP contribution < -0.4 is 5.32 Å². The van der Waals surface area contributed by atoms with E-state index in [2.05, 4.69) is 5.32 Å². The third-order valence-electron chi connectivity index (χ3n) is 5.08. The van der Waals surface area contributed by atoms with E-state index in [4.69, 9.17) is 0 Å². The lowest BCUT2D eigenvalue weighted by molar-refractivity contribution is -0.384. The third-order valence-corrected chi connectivity index (χ3v) is 6.72. The van der Waals surface area contributed by atoms with E-state index in [1.54, 1.807) is 36.4 Å². The van der Waals surface area contributed by atoms with Crippen LogP contribution in [0.4, 0.5) is 11.4 Å². The van der Waals surface area contributed by atoms with Crippen molar-refractivity contribution in [2.24, 2.45) is 0 Å². The Morgan fingerprint density at radius 1 is 1.11 bits per heavy atom. The molecular weight excluding hydrogens is 380 g/mol. The first-order chi connectivity index (χ1) is 13.3. The van der Waals surface area contributed by atoms with Gasteiger partial charge in [-0.15, -0.1) is 0 Å². The zero-order valence-corrected chi connectivity index (χ0v) is 16.3. The SMILES string of the molecule is CS(=O)(=O)C1CCCC(Nc2ccc(C(=O)c3ccccc3)cc2[N+](=O)[O-])C1. The first-order valence-electron chi connectivity index (χ1n) is 9.09. The Balaban J connectivity index is 1.84. The van der Waals surface area contributed by atoms with Crippen LogP contribution in [0.2, 0.25) is 0 Å². The Bertz CT molecular complexity index is 989. The van der Waals surface area contributed by atoms with Gasteiger partial charge in [-0.3, -0.25) is 14.9 Å². The smallest absolute Gasteiger partial charge is 0.293 e. The monoisotopic (exact) mass is 402 g/mol. The molecule has 0 aromatic heterocycles. The number of anilines is 1. The van der Waals surface area contributed by atoms with Gasteiger partial charge in [-0.05, 0) is 31.4 Å². The van der Waals surface area contributed by atoms with Crippen molar-refractivity contribution in [3.8, 4) is 0 Å². The van der Waals surface area contributed by atoms with E-state index in [9.17, 15) is 23.3 Å². The summed E-state index contributed by atoms with van der Waals surface area (Å²) in [5, 5.41) is 14.2. The van der Waals surface area contributed by atoms with Crippen LogP contribution in [0.1, 0.15) is 41.6 Å². The van der Waals surface area contributed by atoms with Crippen LogP contribution in [-0.4, -0.2) is 36.7 Å². The van der Waals surface area contributed by atoms with Crippen LogP contribution >= 0.6 is 0 Å². The molecule has 148 valence electrons. The number of rotatable bonds is 6. The first kappa shape index (κ1) is 20.0. The van der Waals surface area contributed by atoms with Gasteiger partial charge in [-0.2, -0.15) is 0 Å². The largest absolute Gasteiger partial charge is 0.377 e. The van der Waals surface area contributed by atoms with Gasteiger partial charge in [0, 0.05) is 29.5 Å². The molecule has 0 heterocycles. The summed E-state index contributed by atoms with van der Waals surface area (Å²) in [5.41, 5.74) is 0.805. The van der Waals surface area contributed by atoms with Gasteiger partial charge < -0.3 is 5.32 Å². The number of hydrogen-bond donors (Lipinski definition) is 1. The highest BCUT2D eigenvalue weighted by molar-refractivity contribution is 7.91. The van der Waals surface area contributed by atoms with Crippen LogP contribution in [0, 0.1) is 10.1 Å². The zero-order chi connectivity index (χ0) is 20.3. The predicted octanol–water partition coefficient (Wildman–Crippen LogP) is 3.59. The molecule has 0 amide bonds. The molecule has 1 fully saturated rings. The molecule has 0 radical (unpaired) electrons. The number of benzene rings is 2. The maximum Gasteiger partial charge on any atom is 0.293 e. The van der Waals surface area contributed by atoms with E-state index in [-0.39, 0.29) is 23.1 Å². The third kappa shape index (κ3) is 4.56. The van der Waals surface area contributed by atoms with Gasteiger partial charge in [-0.1, -0.05) is 36.8 Å². The summed E-state index contributed by atoms with van der Waals surface area (Å²) >= 11 is 0. The maximum atomic E-state index is 12.6.